The van der Waals surface area contributed by atoms with Gasteiger partial charge in [-0.05, 0) is 37.1 Å². The first-order valence-electron chi connectivity index (χ1n) is 7.76. The lowest BCUT2D eigenvalue weighted by Gasteiger charge is -2.07. The number of aryl methyl sites for hydroxylation is 2. The number of rotatable bonds is 4. The molecule has 3 rings (SSSR count). The van der Waals surface area contributed by atoms with Crippen LogP contribution in [0.5, 0.6) is 0 Å². The van der Waals surface area contributed by atoms with Gasteiger partial charge < -0.3 is 15.6 Å². The Kier molecular flexibility index (Phi) is 4.61. The summed E-state index contributed by atoms with van der Waals surface area (Å²) in [4.78, 5) is 4.32. The lowest BCUT2D eigenvalue weighted by atomic mass is 10.1. The number of hydrogen-bond acceptors (Lipinski definition) is 3. The molecule has 1 aromatic heterocycles. The van der Waals surface area contributed by atoms with E-state index in [-0.39, 0.29) is 0 Å². The second kappa shape index (κ2) is 7.00. The summed E-state index contributed by atoms with van der Waals surface area (Å²) < 4.78 is 5.35. The normalized spacial score (nSPS) is 11.5. The molecule has 0 aliphatic carbocycles. The summed E-state index contributed by atoms with van der Waals surface area (Å²) >= 11 is 0. The Morgan fingerprint density at radius 3 is 2.50 bits per heavy atom. The Bertz CT molecular complexity index is 833. The number of nitrogens with one attached hydrogen (secondary N) is 1. The van der Waals surface area contributed by atoms with Gasteiger partial charge in [-0.1, -0.05) is 41.6 Å². The minimum absolute atomic E-state index is 0.351. The largest absolute Gasteiger partial charge is 0.370 e. The predicted octanol–water partition coefficient (Wildman–Crippen LogP) is 3.89. The van der Waals surface area contributed by atoms with E-state index in [0.717, 1.165) is 22.7 Å². The van der Waals surface area contributed by atoms with E-state index in [1.807, 2.05) is 62.4 Å². The molecule has 0 fully saturated rings. The van der Waals surface area contributed by atoms with Crippen LogP contribution in [0.2, 0.25) is 0 Å². The number of benzene rings is 2. The molecule has 0 radical (unpaired) electrons. The Labute approximate surface area is 141 Å². The fraction of sp³-hybridized carbons (Fsp3) is 0.158. The molecule has 2 aromatic carbocycles. The van der Waals surface area contributed by atoms with Crippen LogP contribution in [0.4, 0.5) is 5.69 Å². The summed E-state index contributed by atoms with van der Waals surface area (Å²) in [6, 6.07) is 17.9. The highest BCUT2D eigenvalue weighted by Gasteiger charge is 2.06. The van der Waals surface area contributed by atoms with E-state index in [2.05, 4.69) is 21.5 Å². The van der Waals surface area contributed by atoms with Gasteiger partial charge in [-0.2, -0.15) is 0 Å². The van der Waals surface area contributed by atoms with E-state index in [1.165, 1.54) is 11.1 Å². The van der Waals surface area contributed by atoms with Gasteiger partial charge in [0, 0.05) is 17.3 Å². The molecule has 1 heterocycles. The van der Waals surface area contributed by atoms with Crippen LogP contribution >= 0.6 is 0 Å². The Balaban J connectivity index is 1.66. The van der Waals surface area contributed by atoms with Crippen molar-refractivity contribution in [1.82, 2.24) is 5.16 Å². The van der Waals surface area contributed by atoms with E-state index >= 15 is 0 Å². The number of nitrogens with zero attached hydrogens (tertiary/aromatic N) is 2. The van der Waals surface area contributed by atoms with Gasteiger partial charge in [-0.15, -0.1) is 0 Å². The lowest BCUT2D eigenvalue weighted by Crippen LogP contribution is -2.22. The van der Waals surface area contributed by atoms with Crippen LogP contribution in [-0.2, 0) is 6.54 Å². The van der Waals surface area contributed by atoms with E-state index < -0.39 is 0 Å². The minimum Gasteiger partial charge on any atom is -0.370 e. The minimum atomic E-state index is 0.351. The number of nitrogens with two attached hydrogens (primary N) is 1. The third-order valence-electron chi connectivity index (χ3n) is 3.52. The Morgan fingerprint density at radius 1 is 1.08 bits per heavy atom. The maximum absolute atomic E-state index is 5.95. The highest BCUT2D eigenvalue weighted by Crippen LogP contribution is 2.20. The molecule has 0 aliphatic heterocycles. The van der Waals surface area contributed by atoms with Gasteiger partial charge in [0.05, 0.1) is 6.54 Å². The SMILES string of the molecule is Cc1cc(C)cc(NC(N)=NCc2cc(-c3ccccc3)on2)c1. The maximum atomic E-state index is 5.95. The zero-order valence-electron chi connectivity index (χ0n) is 13.8. The van der Waals surface area contributed by atoms with Gasteiger partial charge in [0.25, 0.3) is 0 Å². The molecule has 0 unspecified atom stereocenters. The molecule has 3 N–H and O–H groups in total. The first-order chi connectivity index (χ1) is 11.6. The number of aromatic nitrogens is 1. The molecule has 0 saturated carbocycles. The summed E-state index contributed by atoms with van der Waals surface area (Å²) in [5.41, 5.74) is 11.0. The van der Waals surface area contributed by atoms with Crippen molar-refractivity contribution < 1.29 is 4.52 Å². The average molecular weight is 320 g/mol. The van der Waals surface area contributed by atoms with Crippen LogP contribution in [0.1, 0.15) is 16.8 Å². The highest BCUT2D eigenvalue weighted by atomic mass is 16.5. The molecular weight excluding hydrogens is 300 g/mol. The van der Waals surface area contributed by atoms with Gasteiger partial charge in [0.2, 0.25) is 0 Å². The quantitative estimate of drug-likeness (QED) is 0.565. The molecule has 122 valence electrons. The second-order valence-corrected chi connectivity index (χ2v) is 5.75. The van der Waals surface area contributed by atoms with Crippen molar-refractivity contribution in [3.05, 3.63) is 71.4 Å². The predicted molar refractivity (Wildman–Crippen MR) is 96.8 cm³/mol. The summed E-state index contributed by atoms with van der Waals surface area (Å²) in [7, 11) is 0. The summed E-state index contributed by atoms with van der Waals surface area (Å²) in [5.74, 6) is 1.07. The molecule has 0 amide bonds. The van der Waals surface area contributed by atoms with E-state index in [0.29, 0.717) is 12.5 Å². The standard InChI is InChI=1S/C19H20N4O/c1-13-8-14(2)10-16(9-13)22-19(20)21-12-17-11-18(24-23-17)15-6-4-3-5-7-15/h3-11H,12H2,1-2H3,(H3,20,21,22). The number of anilines is 1. The van der Waals surface area contributed by atoms with Crippen molar-refractivity contribution in [3.63, 3.8) is 0 Å². The van der Waals surface area contributed by atoms with Gasteiger partial charge in [0.15, 0.2) is 11.7 Å². The molecule has 0 atom stereocenters. The molecule has 5 nitrogen and oxygen atoms in total. The van der Waals surface area contributed by atoms with E-state index in [9.17, 15) is 0 Å². The van der Waals surface area contributed by atoms with E-state index in [4.69, 9.17) is 10.3 Å². The van der Waals surface area contributed by atoms with Crippen LogP contribution in [0.25, 0.3) is 11.3 Å². The molecule has 0 saturated heterocycles. The first kappa shape index (κ1) is 15.8. The third kappa shape index (κ3) is 4.01. The molecule has 0 spiro atoms. The number of guanidine groups is 1. The first-order valence-corrected chi connectivity index (χ1v) is 7.76. The number of aliphatic imine (C=N–C) groups is 1. The van der Waals surface area contributed by atoms with Crippen LogP contribution in [0.3, 0.4) is 0 Å². The fourth-order valence-corrected chi connectivity index (χ4v) is 2.53. The lowest BCUT2D eigenvalue weighted by molar-refractivity contribution is 0.424. The third-order valence-corrected chi connectivity index (χ3v) is 3.52. The highest BCUT2D eigenvalue weighted by molar-refractivity contribution is 5.92. The second-order valence-electron chi connectivity index (χ2n) is 5.75. The summed E-state index contributed by atoms with van der Waals surface area (Å²) in [5, 5.41) is 7.14. The monoisotopic (exact) mass is 320 g/mol. The van der Waals surface area contributed by atoms with Crippen LogP contribution in [0.15, 0.2) is 64.1 Å². The zero-order chi connectivity index (χ0) is 16.9. The topological polar surface area (TPSA) is 76.4 Å². The van der Waals surface area contributed by atoms with Crippen molar-refractivity contribution in [2.45, 2.75) is 20.4 Å². The molecule has 3 aromatic rings. The molecular formula is C19H20N4O. The maximum Gasteiger partial charge on any atom is 0.193 e. The van der Waals surface area contributed by atoms with Gasteiger partial charge in [-0.3, -0.25) is 0 Å². The Hall–Kier alpha value is -3.08. The molecule has 5 heteroatoms. The van der Waals surface area contributed by atoms with Crippen LogP contribution < -0.4 is 11.1 Å². The van der Waals surface area contributed by atoms with Gasteiger partial charge >= 0.3 is 0 Å². The van der Waals surface area contributed by atoms with Gasteiger partial charge in [-0.25, -0.2) is 4.99 Å². The fourth-order valence-electron chi connectivity index (χ4n) is 2.53. The Morgan fingerprint density at radius 2 is 1.79 bits per heavy atom. The smallest absolute Gasteiger partial charge is 0.193 e. The zero-order valence-corrected chi connectivity index (χ0v) is 13.8. The van der Waals surface area contributed by atoms with Crippen molar-refractivity contribution in [2.75, 3.05) is 5.32 Å². The molecule has 24 heavy (non-hydrogen) atoms. The molecule has 0 aliphatic rings. The van der Waals surface area contributed by atoms with Crippen LogP contribution in [-0.4, -0.2) is 11.1 Å². The van der Waals surface area contributed by atoms with Crippen molar-refractivity contribution in [1.29, 1.82) is 0 Å². The average Bonchev–Trinajstić information content (AvgIpc) is 3.02. The molecule has 0 bridgehead atoms. The summed E-state index contributed by atoms with van der Waals surface area (Å²) in [6.45, 7) is 4.46. The van der Waals surface area contributed by atoms with Crippen molar-refractivity contribution >= 4 is 11.6 Å². The van der Waals surface area contributed by atoms with Gasteiger partial charge in [0.1, 0.15) is 5.69 Å². The number of hydrogen-bond donors (Lipinski definition) is 2. The van der Waals surface area contributed by atoms with Crippen LogP contribution in [0, 0.1) is 13.8 Å². The van der Waals surface area contributed by atoms with Crippen molar-refractivity contribution in [2.24, 2.45) is 10.7 Å². The van der Waals surface area contributed by atoms with E-state index in [1.54, 1.807) is 0 Å². The van der Waals surface area contributed by atoms with Crippen molar-refractivity contribution in [3.8, 4) is 11.3 Å². The summed E-state index contributed by atoms with van der Waals surface area (Å²) in [6.07, 6.45) is 0.